The van der Waals surface area contributed by atoms with Crippen molar-refractivity contribution in [3.05, 3.63) is 0 Å². The van der Waals surface area contributed by atoms with Crippen molar-refractivity contribution in [2.45, 2.75) is 69.7 Å². The summed E-state index contributed by atoms with van der Waals surface area (Å²) in [5.74, 6) is 0. The van der Waals surface area contributed by atoms with E-state index < -0.39 is 12.6 Å². The third-order valence-electron chi connectivity index (χ3n) is 3.84. The molecule has 0 aromatic carbocycles. The molecular weight excluding hydrogens is 243 g/mol. The van der Waals surface area contributed by atoms with Gasteiger partial charge in [0.1, 0.15) is 0 Å². The van der Waals surface area contributed by atoms with Crippen LogP contribution < -0.4 is 5.32 Å². The smallest absolute Gasteiger partial charge is 0.377 e. The van der Waals surface area contributed by atoms with Gasteiger partial charge in [0, 0.05) is 19.6 Å². The Bertz CT molecular complexity index is 233. The highest BCUT2D eigenvalue weighted by Gasteiger charge is 2.44. The van der Waals surface area contributed by atoms with E-state index in [1.54, 1.807) is 7.11 Å². The van der Waals surface area contributed by atoms with Crippen LogP contribution >= 0.6 is 0 Å². The zero-order chi connectivity index (χ0) is 13.6. The lowest BCUT2D eigenvalue weighted by molar-refractivity contribution is -0.139. The first-order chi connectivity index (χ1) is 8.43. The van der Waals surface area contributed by atoms with E-state index in [4.69, 9.17) is 4.74 Å². The molecule has 1 rings (SSSR count). The molecule has 1 aliphatic carbocycles. The topological polar surface area (TPSA) is 21.3 Å². The van der Waals surface area contributed by atoms with E-state index in [9.17, 15) is 13.2 Å². The molecule has 0 heterocycles. The maximum atomic E-state index is 12.2. The van der Waals surface area contributed by atoms with Gasteiger partial charge in [-0.2, -0.15) is 13.2 Å². The van der Waals surface area contributed by atoms with Crippen LogP contribution in [0.2, 0.25) is 0 Å². The number of hydrogen-bond acceptors (Lipinski definition) is 2. The molecule has 5 heteroatoms. The van der Waals surface area contributed by atoms with E-state index in [1.165, 1.54) is 0 Å². The lowest BCUT2D eigenvalue weighted by Crippen LogP contribution is -2.56. The van der Waals surface area contributed by atoms with E-state index >= 15 is 0 Å². The largest absolute Gasteiger partial charge is 0.389 e. The SMILES string of the molecule is CCCNC(CCCC(F)(F)F)C1(OC)CCC1. The first-order valence-corrected chi connectivity index (χ1v) is 6.79. The predicted octanol–water partition coefficient (Wildman–Crippen LogP) is 3.66. The van der Waals surface area contributed by atoms with Gasteiger partial charge < -0.3 is 10.1 Å². The van der Waals surface area contributed by atoms with Gasteiger partial charge in [0.15, 0.2) is 0 Å². The van der Waals surface area contributed by atoms with Crippen LogP contribution in [0.4, 0.5) is 13.2 Å². The van der Waals surface area contributed by atoms with E-state index in [1.807, 2.05) is 0 Å². The lowest BCUT2D eigenvalue weighted by atomic mass is 9.73. The molecule has 1 fully saturated rings. The van der Waals surface area contributed by atoms with Crippen LogP contribution in [0.25, 0.3) is 0 Å². The molecule has 1 saturated carbocycles. The fourth-order valence-electron chi connectivity index (χ4n) is 2.60. The van der Waals surface area contributed by atoms with Crippen molar-refractivity contribution in [1.29, 1.82) is 0 Å². The molecule has 1 atom stereocenters. The van der Waals surface area contributed by atoms with Gasteiger partial charge in [-0.15, -0.1) is 0 Å². The number of nitrogens with one attached hydrogen (secondary N) is 1. The summed E-state index contributed by atoms with van der Waals surface area (Å²) in [4.78, 5) is 0. The van der Waals surface area contributed by atoms with Gasteiger partial charge in [-0.1, -0.05) is 6.92 Å². The minimum atomic E-state index is -4.05. The van der Waals surface area contributed by atoms with E-state index in [0.717, 1.165) is 32.2 Å². The fraction of sp³-hybridized carbons (Fsp3) is 1.00. The average molecular weight is 267 g/mol. The van der Waals surface area contributed by atoms with Gasteiger partial charge in [0.25, 0.3) is 0 Å². The van der Waals surface area contributed by atoms with Crippen molar-refractivity contribution in [3.8, 4) is 0 Å². The van der Waals surface area contributed by atoms with Crippen LogP contribution in [0, 0.1) is 0 Å². The highest BCUT2D eigenvalue weighted by atomic mass is 19.4. The van der Waals surface area contributed by atoms with Crippen molar-refractivity contribution >= 4 is 0 Å². The lowest BCUT2D eigenvalue weighted by Gasteiger charge is -2.47. The monoisotopic (exact) mass is 267 g/mol. The molecule has 0 radical (unpaired) electrons. The van der Waals surface area contributed by atoms with Crippen LogP contribution in [0.3, 0.4) is 0 Å². The Morgan fingerprint density at radius 2 is 2.00 bits per heavy atom. The minimum Gasteiger partial charge on any atom is -0.377 e. The number of alkyl halides is 3. The summed E-state index contributed by atoms with van der Waals surface area (Å²) < 4.78 is 42.1. The predicted molar refractivity (Wildman–Crippen MR) is 65.6 cm³/mol. The van der Waals surface area contributed by atoms with Crippen molar-refractivity contribution in [1.82, 2.24) is 5.32 Å². The summed E-state index contributed by atoms with van der Waals surface area (Å²) in [5, 5.41) is 3.36. The Labute approximate surface area is 107 Å². The molecule has 1 N–H and O–H groups in total. The molecule has 108 valence electrons. The number of methoxy groups -OCH3 is 1. The third kappa shape index (κ3) is 4.43. The Balaban J connectivity index is 2.45. The fourth-order valence-corrected chi connectivity index (χ4v) is 2.60. The maximum Gasteiger partial charge on any atom is 0.389 e. The van der Waals surface area contributed by atoms with Crippen LogP contribution in [0.15, 0.2) is 0 Å². The summed E-state index contributed by atoms with van der Waals surface area (Å²) in [6.45, 7) is 2.89. The number of hydrogen-bond donors (Lipinski definition) is 1. The summed E-state index contributed by atoms with van der Waals surface area (Å²) in [7, 11) is 1.67. The first kappa shape index (κ1) is 15.8. The molecule has 2 nitrogen and oxygen atoms in total. The highest BCUT2D eigenvalue weighted by Crippen LogP contribution is 2.40. The quantitative estimate of drug-likeness (QED) is 0.724. The van der Waals surface area contributed by atoms with Crippen LogP contribution in [-0.4, -0.2) is 31.5 Å². The van der Waals surface area contributed by atoms with Crippen molar-refractivity contribution < 1.29 is 17.9 Å². The van der Waals surface area contributed by atoms with Gasteiger partial charge in [0.2, 0.25) is 0 Å². The van der Waals surface area contributed by atoms with Gasteiger partial charge in [-0.05, 0) is 45.1 Å². The summed E-state index contributed by atoms with van der Waals surface area (Å²) in [6.07, 6.45) is -0.0314. The molecule has 0 saturated heterocycles. The molecule has 0 aromatic heterocycles. The normalized spacial score (nSPS) is 20.5. The van der Waals surface area contributed by atoms with Gasteiger partial charge in [0.05, 0.1) is 5.60 Å². The summed E-state index contributed by atoms with van der Waals surface area (Å²) >= 11 is 0. The molecule has 0 spiro atoms. The Morgan fingerprint density at radius 1 is 1.33 bits per heavy atom. The van der Waals surface area contributed by atoms with Gasteiger partial charge in [-0.25, -0.2) is 0 Å². The van der Waals surface area contributed by atoms with Crippen LogP contribution in [0.5, 0.6) is 0 Å². The molecule has 0 amide bonds. The Kier molecular flexibility index (Phi) is 5.92. The second-order valence-corrected chi connectivity index (χ2v) is 5.14. The molecule has 0 aliphatic heterocycles. The highest BCUT2D eigenvalue weighted by molar-refractivity contribution is 4.99. The Morgan fingerprint density at radius 3 is 2.39 bits per heavy atom. The first-order valence-electron chi connectivity index (χ1n) is 6.79. The maximum absolute atomic E-state index is 12.2. The van der Waals surface area contributed by atoms with Gasteiger partial charge in [-0.3, -0.25) is 0 Å². The number of halogens is 3. The molecule has 18 heavy (non-hydrogen) atoms. The molecule has 1 aliphatic rings. The molecule has 1 unspecified atom stereocenters. The summed E-state index contributed by atoms with van der Waals surface area (Å²) in [6, 6.07) is 0.0542. The van der Waals surface area contributed by atoms with Crippen molar-refractivity contribution in [2.24, 2.45) is 0 Å². The van der Waals surface area contributed by atoms with Crippen molar-refractivity contribution in [2.75, 3.05) is 13.7 Å². The van der Waals surface area contributed by atoms with E-state index in [2.05, 4.69) is 12.2 Å². The van der Waals surface area contributed by atoms with Crippen molar-refractivity contribution in [3.63, 3.8) is 0 Å². The standard InChI is InChI=1S/C13H24F3NO/c1-3-10-17-11(6-4-9-13(14,15)16)12(18-2)7-5-8-12/h11,17H,3-10H2,1-2H3. The van der Waals surface area contributed by atoms with E-state index in [0.29, 0.717) is 6.42 Å². The number of ether oxygens (including phenoxy) is 1. The van der Waals surface area contributed by atoms with Crippen LogP contribution in [0.1, 0.15) is 51.9 Å². The summed E-state index contributed by atoms with van der Waals surface area (Å²) in [5.41, 5.74) is -0.221. The minimum absolute atomic E-state index is 0.0542. The second-order valence-electron chi connectivity index (χ2n) is 5.14. The zero-order valence-electron chi connectivity index (χ0n) is 11.3. The second kappa shape index (κ2) is 6.75. The van der Waals surface area contributed by atoms with Crippen LogP contribution in [-0.2, 0) is 4.74 Å². The van der Waals surface area contributed by atoms with Gasteiger partial charge >= 0.3 is 6.18 Å². The third-order valence-corrected chi connectivity index (χ3v) is 3.84. The molecule has 0 bridgehead atoms. The van der Waals surface area contributed by atoms with E-state index in [-0.39, 0.29) is 18.1 Å². The number of rotatable bonds is 8. The Hall–Kier alpha value is -0.290. The average Bonchev–Trinajstić information content (AvgIpc) is 2.22. The molecule has 0 aromatic rings. The molecular formula is C13H24F3NO. The zero-order valence-corrected chi connectivity index (χ0v) is 11.3.